The first kappa shape index (κ1) is 23.4. The molecular weight excluding hydrogens is 439 g/mol. The maximum absolute atomic E-state index is 13.3. The number of carbonyl (C=O) groups excluding carboxylic acids is 1. The van der Waals surface area contributed by atoms with E-state index in [1.54, 1.807) is 12.3 Å². The highest BCUT2D eigenvalue weighted by Crippen LogP contribution is 2.37. The van der Waals surface area contributed by atoms with Crippen LogP contribution in [0, 0.1) is 5.92 Å². The van der Waals surface area contributed by atoms with E-state index < -0.39 is 20.2 Å². The molecule has 0 aromatic carbocycles. The second-order valence-electron chi connectivity index (χ2n) is 9.56. The molecule has 1 aliphatic carbocycles. The van der Waals surface area contributed by atoms with Gasteiger partial charge in [-0.15, -0.1) is 0 Å². The predicted molar refractivity (Wildman–Crippen MR) is 130 cm³/mol. The van der Waals surface area contributed by atoms with Gasteiger partial charge < -0.3 is 19.4 Å². The van der Waals surface area contributed by atoms with Crippen LogP contribution in [0.25, 0.3) is 22.2 Å². The number of pyridine rings is 2. The van der Waals surface area contributed by atoms with Crippen LogP contribution < -0.4 is 10.1 Å². The van der Waals surface area contributed by atoms with Crippen LogP contribution in [-0.4, -0.2) is 47.9 Å². The number of halogens is 1. The Morgan fingerprint density at radius 1 is 1.27 bits per heavy atom. The molecule has 2 unspecified atom stereocenters. The molecule has 9 heteroatoms. The molecule has 1 aliphatic rings. The highest BCUT2D eigenvalue weighted by atomic mass is 28.3. The number of alkyl halides is 1. The molecule has 0 saturated heterocycles. The predicted octanol–water partition coefficient (Wildman–Crippen LogP) is 5.11. The Bertz CT molecular complexity index is 1140. The van der Waals surface area contributed by atoms with Crippen molar-refractivity contribution in [3.8, 4) is 17.0 Å². The smallest absolute Gasteiger partial charge is 0.231 e. The number of rotatable bonds is 10. The van der Waals surface area contributed by atoms with Crippen molar-refractivity contribution < 1.29 is 18.7 Å². The summed E-state index contributed by atoms with van der Waals surface area (Å²) >= 11 is 0. The Morgan fingerprint density at radius 3 is 2.76 bits per heavy atom. The molecule has 1 N–H and O–H groups in total. The largest absolute Gasteiger partial charge is 0.478 e. The third-order valence-corrected chi connectivity index (χ3v) is 7.30. The van der Waals surface area contributed by atoms with E-state index in [9.17, 15) is 9.18 Å². The summed E-state index contributed by atoms with van der Waals surface area (Å²) in [5.74, 6) is 0.0541. The van der Waals surface area contributed by atoms with E-state index in [-0.39, 0.29) is 12.3 Å². The molecule has 0 spiro atoms. The zero-order chi connectivity index (χ0) is 23.6. The molecule has 1 amide bonds. The molecule has 33 heavy (non-hydrogen) atoms. The first-order valence-electron chi connectivity index (χ1n) is 11.4. The quantitative estimate of drug-likeness (QED) is 0.329. The number of fused-ring (bicyclic) bond motifs is 1. The summed E-state index contributed by atoms with van der Waals surface area (Å²) in [6, 6.07) is 8.56. The van der Waals surface area contributed by atoms with Crippen molar-refractivity contribution in [2.75, 3.05) is 18.5 Å². The Hall–Kier alpha value is -2.78. The van der Waals surface area contributed by atoms with Gasteiger partial charge in [0.05, 0.1) is 12.5 Å². The number of ether oxygens (including phenoxy) is 2. The standard InChI is InChI=1S/C24H31FN4O3Si/c1-5-32-24-17(7-6-10-26-24)19-14-29(15-31-11-12-33(2,3)4)22-16(19)8-9-21(27-22)28-23(30)18-13-20(18)25/h6-10,14,18,20H,5,11-13,15H2,1-4H3,(H,27,28,30). The van der Waals surface area contributed by atoms with Gasteiger partial charge in [-0.2, -0.15) is 0 Å². The van der Waals surface area contributed by atoms with E-state index >= 15 is 0 Å². The summed E-state index contributed by atoms with van der Waals surface area (Å²) in [5, 5.41) is 3.64. The second kappa shape index (κ2) is 9.60. The average Bonchev–Trinajstić information content (AvgIpc) is 3.40. The Labute approximate surface area is 194 Å². The Kier molecular flexibility index (Phi) is 6.80. The lowest BCUT2D eigenvalue weighted by Gasteiger charge is -2.15. The van der Waals surface area contributed by atoms with Gasteiger partial charge in [0.1, 0.15) is 24.4 Å². The number of nitrogens with zero attached hydrogens (tertiary/aromatic N) is 3. The van der Waals surface area contributed by atoms with Gasteiger partial charge in [-0.1, -0.05) is 19.6 Å². The Morgan fingerprint density at radius 2 is 2.06 bits per heavy atom. The molecule has 0 radical (unpaired) electrons. The van der Waals surface area contributed by atoms with Crippen LogP contribution in [0.5, 0.6) is 5.88 Å². The highest BCUT2D eigenvalue weighted by Gasteiger charge is 2.43. The lowest BCUT2D eigenvalue weighted by atomic mass is 10.1. The van der Waals surface area contributed by atoms with E-state index in [0.717, 1.165) is 22.6 Å². The van der Waals surface area contributed by atoms with Gasteiger partial charge in [-0.25, -0.2) is 14.4 Å². The molecule has 176 valence electrons. The lowest BCUT2D eigenvalue weighted by molar-refractivity contribution is -0.117. The van der Waals surface area contributed by atoms with Crippen LogP contribution in [-0.2, 0) is 16.3 Å². The molecular formula is C24H31FN4O3Si. The molecule has 3 aromatic rings. The van der Waals surface area contributed by atoms with Gasteiger partial charge >= 0.3 is 0 Å². The van der Waals surface area contributed by atoms with Crippen molar-refractivity contribution in [1.29, 1.82) is 0 Å². The summed E-state index contributed by atoms with van der Waals surface area (Å²) in [4.78, 5) is 21.3. The molecule has 3 aromatic heterocycles. The molecule has 0 bridgehead atoms. The Balaban J connectivity index is 1.67. The maximum Gasteiger partial charge on any atom is 0.231 e. The zero-order valence-corrected chi connectivity index (χ0v) is 20.6. The first-order valence-corrected chi connectivity index (χ1v) is 15.1. The lowest BCUT2D eigenvalue weighted by Crippen LogP contribution is -2.22. The van der Waals surface area contributed by atoms with Gasteiger partial charge in [0.25, 0.3) is 0 Å². The van der Waals surface area contributed by atoms with Gasteiger partial charge in [-0.3, -0.25) is 4.79 Å². The normalized spacial score (nSPS) is 17.8. The van der Waals surface area contributed by atoms with Gasteiger partial charge in [0.2, 0.25) is 11.8 Å². The third kappa shape index (κ3) is 5.59. The molecule has 0 aliphatic heterocycles. The summed E-state index contributed by atoms with van der Waals surface area (Å²) in [5.41, 5.74) is 2.46. The second-order valence-corrected chi connectivity index (χ2v) is 15.2. The van der Waals surface area contributed by atoms with Crippen LogP contribution >= 0.6 is 0 Å². The summed E-state index contributed by atoms with van der Waals surface area (Å²) in [6.07, 6.45) is 2.91. The third-order valence-electron chi connectivity index (χ3n) is 5.59. The topological polar surface area (TPSA) is 78.3 Å². The van der Waals surface area contributed by atoms with E-state index in [1.165, 1.54) is 0 Å². The number of nitrogens with one attached hydrogen (secondary N) is 1. The molecule has 1 fully saturated rings. The number of hydrogen-bond donors (Lipinski definition) is 1. The van der Waals surface area contributed by atoms with Crippen molar-refractivity contribution in [2.24, 2.45) is 5.92 Å². The van der Waals surface area contributed by atoms with Crippen LogP contribution in [0.2, 0.25) is 25.7 Å². The highest BCUT2D eigenvalue weighted by molar-refractivity contribution is 6.76. The molecule has 7 nitrogen and oxygen atoms in total. The van der Waals surface area contributed by atoms with Crippen molar-refractivity contribution >= 4 is 30.8 Å². The zero-order valence-electron chi connectivity index (χ0n) is 19.6. The summed E-state index contributed by atoms with van der Waals surface area (Å²) < 4.78 is 26.9. The molecule has 3 heterocycles. The number of hydrogen-bond acceptors (Lipinski definition) is 5. The minimum atomic E-state index is -1.20. The van der Waals surface area contributed by atoms with E-state index in [4.69, 9.17) is 9.47 Å². The SMILES string of the molecule is CCOc1ncccc1-c1cn(COCC[Si](C)(C)C)c2nc(NC(=O)C3CC3F)ccc12. The number of anilines is 1. The summed E-state index contributed by atoms with van der Waals surface area (Å²) in [7, 11) is -1.20. The van der Waals surface area contributed by atoms with Crippen molar-refractivity contribution in [3.05, 3.63) is 36.7 Å². The van der Waals surface area contributed by atoms with Crippen LogP contribution in [0.3, 0.4) is 0 Å². The molecule has 4 rings (SSSR count). The van der Waals surface area contributed by atoms with Gasteiger partial charge in [-0.05, 0) is 43.7 Å². The van der Waals surface area contributed by atoms with E-state index in [0.29, 0.717) is 37.3 Å². The van der Waals surface area contributed by atoms with Crippen LogP contribution in [0.1, 0.15) is 13.3 Å². The minimum Gasteiger partial charge on any atom is -0.478 e. The van der Waals surface area contributed by atoms with Crippen LogP contribution in [0.15, 0.2) is 36.7 Å². The van der Waals surface area contributed by atoms with Crippen LogP contribution in [0.4, 0.5) is 10.2 Å². The minimum absolute atomic E-state index is 0.279. The summed E-state index contributed by atoms with van der Waals surface area (Å²) in [6.45, 7) is 10.4. The fourth-order valence-corrected chi connectivity index (χ4v) is 4.35. The van der Waals surface area contributed by atoms with Gasteiger partial charge in [0.15, 0.2) is 0 Å². The van der Waals surface area contributed by atoms with E-state index in [1.807, 2.05) is 35.9 Å². The van der Waals surface area contributed by atoms with Crippen molar-refractivity contribution in [3.63, 3.8) is 0 Å². The molecule has 1 saturated carbocycles. The van der Waals surface area contributed by atoms with Gasteiger partial charge in [0, 0.05) is 43.6 Å². The van der Waals surface area contributed by atoms with E-state index in [2.05, 4.69) is 34.9 Å². The number of aromatic nitrogens is 3. The first-order chi connectivity index (χ1) is 15.8. The fourth-order valence-electron chi connectivity index (χ4n) is 3.59. The van der Waals surface area contributed by atoms with Crippen molar-refractivity contribution in [1.82, 2.24) is 14.5 Å². The number of carbonyl (C=O) groups is 1. The van der Waals surface area contributed by atoms with Crippen molar-refractivity contribution in [2.45, 2.75) is 51.9 Å². The fraction of sp³-hybridized carbons (Fsp3) is 0.458. The average molecular weight is 471 g/mol. The maximum atomic E-state index is 13.3. The molecule has 2 atom stereocenters. The monoisotopic (exact) mass is 470 g/mol. The number of amides is 1.